The number of anilines is 1. The second-order valence-corrected chi connectivity index (χ2v) is 5.07. The van der Waals surface area contributed by atoms with E-state index in [2.05, 4.69) is 5.32 Å². The molecular weight excluding hydrogens is 288 g/mol. The number of nitrogen functional groups attached to an aromatic ring is 1. The second kappa shape index (κ2) is 6.99. The molecule has 5 heteroatoms. The molecule has 0 bridgehead atoms. The zero-order chi connectivity index (χ0) is 15.2. The number of halogens is 1. The molecule has 0 radical (unpaired) electrons. The fourth-order valence-corrected chi connectivity index (χ4v) is 2.20. The minimum atomic E-state index is -0.178. The SMILES string of the molecule is COc1cc(N)cc(C(=O)NCCc2cccc(Cl)c2)c1. The number of hydrogen-bond acceptors (Lipinski definition) is 3. The van der Waals surface area contributed by atoms with Crippen molar-refractivity contribution < 1.29 is 9.53 Å². The Labute approximate surface area is 128 Å². The number of ether oxygens (including phenoxy) is 1. The summed E-state index contributed by atoms with van der Waals surface area (Å²) in [5, 5.41) is 3.55. The molecule has 0 heterocycles. The summed E-state index contributed by atoms with van der Waals surface area (Å²) >= 11 is 5.92. The van der Waals surface area contributed by atoms with Gasteiger partial charge in [-0.1, -0.05) is 23.7 Å². The van der Waals surface area contributed by atoms with Gasteiger partial charge in [-0.3, -0.25) is 4.79 Å². The first-order valence-electron chi connectivity index (χ1n) is 6.55. The molecule has 21 heavy (non-hydrogen) atoms. The normalized spacial score (nSPS) is 10.2. The molecule has 3 N–H and O–H groups in total. The summed E-state index contributed by atoms with van der Waals surface area (Å²) in [6, 6.07) is 12.5. The molecule has 1 amide bonds. The van der Waals surface area contributed by atoms with Gasteiger partial charge in [-0.05, 0) is 36.2 Å². The van der Waals surface area contributed by atoms with Gasteiger partial charge in [-0.15, -0.1) is 0 Å². The van der Waals surface area contributed by atoms with Crippen molar-refractivity contribution in [1.29, 1.82) is 0 Å². The maximum Gasteiger partial charge on any atom is 0.251 e. The Bertz CT molecular complexity index is 644. The van der Waals surface area contributed by atoms with E-state index >= 15 is 0 Å². The molecule has 0 saturated carbocycles. The van der Waals surface area contributed by atoms with E-state index in [1.807, 2.05) is 24.3 Å². The van der Waals surface area contributed by atoms with Crippen molar-refractivity contribution in [2.75, 3.05) is 19.4 Å². The third-order valence-electron chi connectivity index (χ3n) is 3.02. The number of benzene rings is 2. The Morgan fingerprint density at radius 1 is 1.29 bits per heavy atom. The van der Waals surface area contributed by atoms with E-state index in [0.717, 1.165) is 5.56 Å². The van der Waals surface area contributed by atoms with E-state index in [9.17, 15) is 4.79 Å². The molecule has 0 unspecified atom stereocenters. The topological polar surface area (TPSA) is 64.3 Å². The van der Waals surface area contributed by atoms with Crippen molar-refractivity contribution in [2.24, 2.45) is 0 Å². The third kappa shape index (κ3) is 4.39. The zero-order valence-corrected chi connectivity index (χ0v) is 12.5. The van der Waals surface area contributed by atoms with Crippen LogP contribution in [-0.4, -0.2) is 19.6 Å². The largest absolute Gasteiger partial charge is 0.497 e. The van der Waals surface area contributed by atoms with Crippen LogP contribution in [0.2, 0.25) is 5.02 Å². The van der Waals surface area contributed by atoms with Crippen molar-refractivity contribution in [1.82, 2.24) is 5.32 Å². The van der Waals surface area contributed by atoms with Crippen LogP contribution in [0.5, 0.6) is 5.75 Å². The minimum Gasteiger partial charge on any atom is -0.497 e. The maximum absolute atomic E-state index is 12.1. The van der Waals surface area contributed by atoms with E-state index in [-0.39, 0.29) is 5.91 Å². The first-order chi connectivity index (χ1) is 10.1. The fraction of sp³-hybridized carbons (Fsp3) is 0.188. The highest BCUT2D eigenvalue weighted by Crippen LogP contribution is 2.18. The number of nitrogens with two attached hydrogens (primary N) is 1. The lowest BCUT2D eigenvalue weighted by Crippen LogP contribution is -2.25. The molecule has 0 aliphatic heterocycles. The van der Waals surface area contributed by atoms with Gasteiger partial charge in [0.25, 0.3) is 5.91 Å². The van der Waals surface area contributed by atoms with Gasteiger partial charge in [-0.25, -0.2) is 0 Å². The van der Waals surface area contributed by atoms with E-state index in [0.29, 0.717) is 35.0 Å². The van der Waals surface area contributed by atoms with Crippen molar-refractivity contribution in [3.8, 4) is 5.75 Å². The van der Waals surface area contributed by atoms with Gasteiger partial charge in [0.05, 0.1) is 7.11 Å². The lowest BCUT2D eigenvalue weighted by molar-refractivity contribution is 0.0954. The maximum atomic E-state index is 12.1. The quantitative estimate of drug-likeness (QED) is 0.835. The van der Waals surface area contributed by atoms with E-state index in [1.165, 1.54) is 7.11 Å². The summed E-state index contributed by atoms with van der Waals surface area (Å²) in [5.74, 6) is 0.387. The Hall–Kier alpha value is -2.20. The van der Waals surface area contributed by atoms with Crippen LogP contribution >= 0.6 is 11.6 Å². The van der Waals surface area contributed by atoms with Crippen LogP contribution < -0.4 is 15.8 Å². The highest BCUT2D eigenvalue weighted by atomic mass is 35.5. The van der Waals surface area contributed by atoms with Crippen LogP contribution in [0, 0.1) is 0 Å². The number of hydrogen-bond donors (Lipinski definition) is 2. The molecule has 2 aromatic rings. The predicted octanol–water partition coefficient (Wildman–Crippen LogP) is 2.90. The second-order valence-electron chi connectivity index (χ2n) is 4.63. The van der Waals surface area contributed by atoms with Gasteiger partial charge in [-0.2, -0.15) is 0 Å². The van der Waals surface area contributed by atoms with Crippen LogP contribution in [0.1, 0.15) is 15.9 Å². The molecule has 2 rings (SSSR count). The Balaban J connectivity index is 1.94. The molecule has 0 atom stereocenters. The molecule has 0 spiro atoms. The summed E-state index contributed by atoms with van der Waals surface area (Å²) in [6.07, 6.45) is 0.714. The lowest BCUT2D eigenvalue weighted by atomic mass is 10.1. The average Bonchev–Trinajstić information content (AvgIpc) is 2.46. The van der Waals surface area contributed by atoms with E-state index < -0.39 is 0 Å². The third-order valence-corrected chi connectivity index (χ3v) is 3.25. The average molecular weight is 305 g/mol. The number of carbonyl (C=O) groups is 1. The number of rotatable bonds is 5. The van der Waals surface area contributed by atoms with Crippen LogP contribution in [0.4, 0.5) is 5.69 Å². The van der Waals surface area contributed by atoms with Gasteiger partial charge in [0, 0.05) is 28.9 Å². The fourth-order valence-electron chi connectivity index (χ4n) is 1.99. The van der Waals surface area contributed by atoms with E-state index in [4.69, 9.17) is 22.1 Å². The summed E-state index contributed by atoms with van der Waals surface area (Å²) in [6.45, 7) is 0.524. The van der Waals surface area contributed by atoms with Crippen molar-refractivity contribution in [3.63, 3.8) is 0 Å². The highest BCUT2D eigenvalue weighted by Gasteiger charge is 2.08. The van der Waals surface area contributed by atoms with Gasteiger partial charge in [0.1, 0.15) is 5.75 Å². The molecule has 0 fully saturated rings. The number of carbonyl (C=O) groups excluding carboxylic acids is 1. The minimum absolute atomic E-state index is 0.178. The van der Waals surface area contributed by atoms with Crippen molar-refractivity contribution in [3.05, 3.63) is 58.6 Å². The molecular formula is C16H17ClN2O2. The molecule has 0 aromatic heterocycles. The van der Waals surface area contributed by atoms with Crippen LogP contribution in [0.3, 0.4) is 0 Å². The Kier molecular flexibility index (Phi) is 5.06. The van der Waals surface area contributed by atoms with Gasteiger partial charge in [0.2, 0.25) is 0 Å². The first kappa shape index (κ1) is 15.2. The highest BCUT2D eigenvalue weighted by molar-refractivity contribution is 6.30. The monoisotopic (exact) mass is 304 g/mol. The lowest BCUT2D eigenvalue weighted by Gasteiger charge is -2.08. The molecule has 0 aliphatic rings. The molecule has 4 nitrogen and oxygen atoms in total. The summed E-state index contributed by atoms with van der Waals surface area (Å²) in [7, 11) is 1.54. The Morgan fingerprint density at radius 2 is 2.10 bits per heavy atom. The molecule has 0 aliphatic carbocycles. The standard InChI is InChI=1S/C16H17ClN2O2/c1-21-15-9-12(8-14(18)10-15)16(20)19-6-5-11-3-2-4-13(17)7-11/h2-4,7-10H,5-6,18H2,1H3,(H,19,20). The van der Waals surface area contributed by atoms with Gasteiger partial charge < -0.3 is 15.8 Å². The van der Waals surface area contributed by atoms with Crippen LogP contribution in [0.15, 0.2) is 42.5 Å². The predicted molar refractivity (Wildman–Crippen MR) is 84.9 cm³/mol. The summed E-state index contributed by atoms with van der Waals surface area (Å²) in [4.78, 5) is 12.1. The molecule has 2 aromatic carbocycles. The van der Waals surface area contributed by atoms with Crippen LogP contribution in [-0.2, 0) is 6.42 Å². The van der Waals surface area contributed by atoms with Crippen LogP contribution in [0.25, 0.3) is 0 Å². The smallest absolute Gasteiger partial charge is 0.251 e. The van der Waals surface area contributed by atoms with Gasteiger partial charge >= 0.3 is 0 Å². The molecule has 0 saturated heterocycles. The van der Waals surface area contributed by atoms with Crippen molar-refractivity contribution >= 4 is 23.2 Å². The first-order valence-corrected chi connectivity index (χ1v) is 6.93. The van der Waals surface area contributed by atoms with E-state index in [1.54, 1.807) is 18.2 Å². The number of amides is 1. The summed E-state index contributed by atoms with van der Waals surface area (Å²) < 4.78 is 5.10. The number of methoxy groups -OCH3 is 1. The number of nitrogens with one attached hydrogen (secondary N) is 1. The van der Waals surface area contributed by atoms with Crippen molar-refractivity contribution in [2.45, 2.75) is 6.42 Å². The summed E-state index contributed by atoms with van der Waals surface area (Å²) in [5.41, 5.74) is 7.79. The molecule has 110 valence electrons. The van der Waals surface area contributed by atoms with Gasteiger partial charge in [0.15, 0.2) is 0 Å². The zero-order valence-electron chi connectivity index (χ0n) is 11.7. The Morgan fingerprint density at radius 3 is 2.81 bits per heavy atom.